The summed E-state index contributed by atoms with van der Waals surface area (Å²) >= 11 is 0. The Bertz CT molecular complexity index is 896. The molecule has 2 aromatic rings. The molecule has 27 heavy (non-hydrogen) atoms. The van der Waals surface area contributed by atoms with Gasteiger partial charge in [0.05, 0.1) is 24.3 Å². The maximum Gasteiger partial charge on any atom is 0.339 e. The number of carbonyl (C=O) groups is 3. The van der Waals surface area contributed by atoms with Crippen molar-refractivity contribution in [3.8, 4) is 0 Å². The molecule has 8 heteroatoms. The molecule has 1 saturated heterocycles. The van der Waals surface area contributed by atoms with Crippen LogP contribution in [0.3, 0.4) is 0 Å². The van der Waals surface area contributed by atoms with Gasteiger partial charge in [-0.2, -0.15) is 0 Å². The largest absolute Gasteiger partial charge is 0.465 e. The van der Waals surface area contributed by atoms with Crippen LogP contribution in [0.4, 0.5) is 20.2 Å². The SMILES string of the molecule is COC(=O)c1ccccc1N1CC(C(=O)Nc2c(F)cccc2F)CC1=O. The van der Waals surface area contributed by atoms with Crippen LogP contribution < -0.4 is 10.2 Å². The second kappa shape index (κ2) is 7.53. The van der Waals surface area contributed by atoms with E-state index in [1.165, 1.54) is 24.1 Å². The Morgan fingerprint density at radius 1 is 1.11 bits per heavy atom. The van der Waals surface area contributed by atoms with E-state index in [9.17, 15) is 23.2 Å². The number of anilines is 2. The monoisotopic (exact) mass is 374 g/mol. The van der Waals surface area contributed by atoms with Gasteiger partial charge in [-0.1, -0.05) is 18.2 Å². The molecule has 0 bridgehead atoms. The van der Waals surface area contributed by atoms with Crippen molar-refractivity contribution in [1.29, 1.82) is 0 Å². The molecule has 1 N–H and O–H groups in total. The van der Waals surface area contributed by atoms with Crippen LogP contribution in [0.2, 0.25) is 0 Å². The van der Waals surface area contributed by atoms with Crippen molar-refractivity contribution in [3.05, 3.63) is 59.7 Å². The van der Waals surface area contributed by atoms with Crippen LogP contribution >= 0.6 is 0 Å². The first-order chi connectivity index (χ1) is 12.9. The number of methoxy groups -OCH3 is 1. The van der Waals surface area contributed by atoms with Gasteiger partial charge in [0, 0.05) is 13.0 Å². The topological polar surface area (TPSA) is 75.7 Å². The van der Waals surface area contributed by atoms with Crippen LogP contribution in [0.15, 0.2) is 42.5 Å². The quantitative estimate of drug-likeness (QED) is 0.835. The first-order valence-electron chi connectivity index (χ1n) is 8.15. The van der Waals surface area contributed by atoms with Gasteiger partial charge in [0.15, 0.2) is 0 Å². The molecule has 2 aromatic carbocycles. The van der Waals surface area contributed by atoms with Gasteiger partial charge in [-0.3, -0.25) is 9.59 Å². The summed E-state index contributed by atoms with van der Waals surface area (Å²) in [5, 5.41) is 2.20. The highest BCUT2D eigenvalue weighted by Crippen LogP contribution is 2.29. The summed E-state index contributed by atoms with van der Waals surface area (Å²) in [7, 11) is 1.23. The number of rotatable bonds is 4. The molecule has 3 rings (SSSR count). The fourth-order valence-corrected chi connectivity index (χ4v) is 2.95. The van der Waals surface area contributed by atoms with Crippen LogP contribution in [0.1, 0.15) is 16.8 Å². The predicted molar refractivity (Wildman–Crippen MR) is 93.2 cm³/mol. The maximum atomic E-state index is 13.7. The Balaban J connectivity index is 1.80. The number of para-hydroxylation sites is 2. The third-order valence-electron chi connectivity index (χ3n) is 4.31. The number of amides is 2. The van der Waals surface area contributed by atoms with Gasteiger partial charge in [-0.05, 0) is 24.3 Å². The van der Waals surface area contributed by atoms with E-state index in [-0.39, 0.29) is 24.4 Å². The van der Waals surface area contributed by atoms with Gasteiger partial charge in [0.25, 0.3) is 0 Å². The molecule has 1 aliphatic heterocycles. The van der Waals surface area contributed by atoms with E-state index in [2.05, 4.69) is 5.32 Å². The molecule has 0 aliphatic carbocycles. The standard InChI is InChI=1S/C19H16F2N2O4/c1-27-19(26)12-5-2-3-8-15(12)23-10-11(9-16(23)24)18(25)22-17-13(20)6-4-7-14(17)21/h2-8,11H,9-10H2,1H3,(H,22,25). The summed E-state index contributed by atoms with van der Waals surface area (Å²) < 4.78 is 32.1. The molecule has 0 spiro atoms. The lowest BCUT2D eigenvalue weighted by Crippen LogP contribution is -2.29. The molecular formula is C19H16F2N2O4. The fourth-order valence-electron chi connectivity index (χ4n) is 2.95. The highest BCUT2D eigenvalue weighted by atomic mass is 19.1. The van der Waals surface area contributed by atoms with Crippen LogP contribution in [0, 0.1) is 17.6 Å². The lowest BCUT2D eigenvalue weighted by Gasteiger charge is -2.19. The van der Waals surface area contributed by atoms with Crippen molar-refractivity contribution < 1.29 is 27.9 Å². The summed E-state index contributed by atoms with van der Waals surface area (Å²) in [6, 6.07) is 9.59. The normalized spacial score (nSPS) is 16.3. The van der Waals surface area contributed by atoms with Gasteiger partial charge in [-0.25, -0.2) is 13.6 Å². The summed E-state index contributed by atoms with van der Waals surface area (Å²) in [6.45, 7) is -0.0191. The van der Waals surface area contributed by atoms with Crippen molar-refractivity contribution in [1.82, 2.24) is 0 Å². The van der Waals surface area contributed by atoms with Crippen LogP contribution in [0.25, 0.3) is 0 Å². The molecule has 6 nitrogen and oxygen atoms in total. The van der Waals surface area contributed by atoms with Gasteiger partial charge in [0.2, 0.25) is 11.8 Å². The average Bonchev–Trinajstić information content (AvgIpc) is 3.05. The molecule has 1 fully saturated rings. The summed E-state index contributed by atoms with van der Waals surface area (Å²) in [5.41, 5.74) is -0.0420. The zero-order chi connectivity index (χ0) is 19.6. The number of nitrogens with one attached hydrogen (secondary N) is 1. The molecule has 0 radical (unpaired) electrons. The average molecular weight is 374 g/mol. The molecule has 1 aliphatic rings. The smallest absolute Gasteiger partial charge is 0.339 e. The highest BCUT2D eigenvalue weighted by molar-refractivity contribution is 6.07. The molecule has 0 aromatic heterocycles. The van der Waals surface area contributed by atoms with Gasteiger partial charge >= 0.3 is 5.97 Å². The molecule has 1 unspecified atom stereocenters. The number of ether oxygens (including phenoxy) is 1. The van der Waals surface area contributed by atoms with E-state index >= 15 is 0 Å². The molecule has 140 valence electrons. The van der Waals surface area contributed by atoms with E-state index in [0.717, 1.165) is 12.1 Å². The Hall–Kier alpha value is -3.29. The Morgan fingerprint density at radius 2 is 1.78 bits per heavy atom. The van der Waals surface area contributed by atoms with Crippen molar-refractivity contribution >= 4 is 29.2 Å². The fraction of sp³-hybridized carbons (Fsp3) is 0.211. The van der Waals surface area contributed by atoms with Crippen molar-refractivity contribution in [2.45, 2.75) is 6.42 Å². The second-order valence-electron chi connectivity index (χ2n) is 6.00. The lowest BCUT2D eigenvalue weighted by atomic mass is 10.1. The summed E-state index contributed by atoms with van der Waals surface area (Å²) in [5.74, 6) is -4.28. The minimum Gasteiger partial charge on any atom is -0.465 e. The first-order valence-corrected chi connectivity index (χ1v) is 8.15. The minimum atomic E-state index is -0.902. The predicted octanol–water partition coefficient (Wildman–Crippen LogP) is 2.74. The Morgan fingerprint density at radius 3 is 2.44 bits per heavy atom. The summed E-state index contributed by atoms with van der Waals surface area (Å²) in [4.78, 5) is 38.0. The van der Waals surface area contributed by atoms with E-state index in [0.29, 0.717) is 5.69 Å². The molecule has 2 amide bonds. The zero-order valence-electron chi connectivity index (χ0n) is 14.4. The summed E-state index contributed by atoms with van der Waals surface area (Å²) in [6.07, 6.45) is -0.141. The minimum absolute atomic E-state index is 0.0191. The highest BCUT2D eigenvalue weighted by Gasteiger charge is 2.37. The molecule has 1 heterocycles. The van der Waals surface area contributed by atoms with Crippen molar-refractivity contribution in [2.24, 2.45) is 5.92 Å². The van der Waals surface area contributed by atoms with Gasteiger partial charge in [-0.15, -0.1) is 0 Å². The number of hydrogen-bond donors (Lipinski definition) is 1. The zero-order valence-corrected chi connectivity index (χ0v) is 14.4. The van der Waals surface area contributed by atoms with Crippen molar-refractivity contribution in [3.63, 3.8) is 0 Å². The van der Waals surface area contributed by atoms with Crippen LogP contribution in [0.5, 0.6) is 0 Å². The molecule has 1 atom stereocenters. The number of halogens is 2. The first kappa shape index (κ1) is 18.5. The van der Waals surface area contributed by atoms with Gasteiger partial charge < -0.3 is 15.0 Å². The van der Waals surface area contributed by atoms with E-state index < -0.39 is 35.1 Å². The van der Waals surface area contributed by atoms with E-state index in [1.54, 1.807) is 18.2 Å². The van der Waals surface area contributed by atoms with Gasteiger partial charge in [0.1, 0.15) is 17.3 Å². The maximum absolute atomic E-state index is 13.7. The Labute approximate surface area is 153 Å². The number of esters is 1. The third kappa shape index (κ3) is 3.64. The second-order valence-corrected chi connectivity index (χ2v) is 6.00. The Kier molecular flexibility index (Phi) is 5.16. The molecular weight excluding hydrogens is 358 g/mol. The van der Waals surface area contributed by atoms with Crippen LogP contribution in [-0.2, 0) is 14.3 Å². The number of carbonyl (C=O) groups excluding carboxylic acids is 3. The molecule has 0 saturated carbocycles. The van der Waals surface area contributed by atoms with Crippen LogP contribution in [-0.4, -0.2) is 31.4 Å². The van der Waals surface area contributed by atoms with E-state index in [4.69, 9.17) is 4.74 Å². The number of hydrogen-bond acceptors (Lipinski definition) is 4. The van der Waals surface area contributed by atoms with Crippen molar-refractivity contribution in [2.75, 3.05) is 23.9 Å². The number of benzene rings is 2. The third-order valence-corrected chi connectivity index (χ3v) is 4.31. The lowest BCUT2D eigenvalue weighted by molar-refractivity contribution is -0.122. The number of nitrogens with zero attached hydrogens (tertiary/aromatic N) is 1. The van der Waals surface area contributed by atoms with E-state index in [1.807, 2.05) is 0 Å².